The number of hydrogen-bond acceptors (Lipinski definition) is 6. The summed E-state index contributed by atoms with van der Waals surface area (Å²) in [5, 5.41) is 11.7. The van der Waals surface area contributed by atoms with Gasteiger partial charge in [0, 0.05) is 6.20 Å². The molecule has 0 fully saturated rings. The van der Waals surface area contributed by atoms with E-state index in [1.54, 1.807) is 36.6 Å². The zero-order chi connectivity index (χ0) is 19.0. The van der Waals surface area contributed by atoms with Crippen molar-refractivity contribution in [2.45, 2.75) is 6.92 Å². The molecule has 7 nitrogen and oxygen atoms in total. The number of nitrogens with one attached hydrogen (secondary N) is 2. The number of carbonyl (C=O) groups is 1. The van der Waals surface area contributed by atoms with Gasteiger partial charge in [-0.25, -0.2) is 4.98 Å². The lowest BCUT2D eigenvalue weighted by Gasteiger charge is -2.05. The Kier molecular flexibility index (Phi) is 4.06. The average molecular weight is 375 g/mol. The monoisotopic (exact) mass is 375 g/mol. The lowest BCUT2D eigenvalue weighted by Crippen LogP contribution is -2.40. The molecular formula is C19H13N5O2S. The van der Waals surface area contributed by atoms with Crippen LogP contribution in [0.4, 0.5) is 0 Å². The number of hydrogen-bond donors (Lipinski definition) is 2. The molecule has 27 heavy (non-hydrogen) atoms. The Morgan fingerprint density at radius 1 is 1.30 bits per heavy atom. The molecular weight excluding hydrogens is 362 g/mol. The lowest BCUT2D eigenvalue weighted by atomic mass is 10.1. The van der Waals surface area contributed by atoms with Crippen molar-refractivity contribution in [1.82, 2.24) is 20.2 Å². The minimum Gasteiger partial charge on any atom is -0.305 e. The van der Waals surface area contributed by atoms with E-state index >= 15 is 0 Å². The van der Waals surface area contributed by atoms with Gasteiger partial charge in [0.2, 0.25) is 0 Å². The molecule has 0 atom stereocenters. The van der Waals surface area contributed by atoms with Crippen molar-refractivity contribution < 1.29 is 4.79 Å². The molecule has 0 saturated heterocycles. The van der Waals surface area contributed by atoms with E-state index in [0.29, 0.717) is 32.7 Å². The fraction of sp³-hybridized carbons (Fsp3) is 0.0526. The molecule has 4 rings (SSSR count). The summed E-state index contributed by atoms with van der Waals surface area (Å²) in [5.74, 6) is -0.305. The number of hydrazine groups is 1. The quantitative estimate of drug-likeness (QED) is 0.529. The Morgan fingerprint density at radius 2 is 2.11 bits per heavy atom. The van der Waals surface area contributed by atoms with Gasteiger partial charge in [0.15, 0.2) is 5.65 Å². The van der Waals surface area contributed by atoms with Gasteiger partial charge in [0.1, 0.15) is 6.07 Å². The minimum atomic E-state index is -0.312. The molecule has 1 amide bonds. The summed E-state index contributed by atoms with van der Waals surface area (Å²) in [6.45, 7) is 1.69. The number of nitrogens with zero attached hydrogens (tertiary/aromatic N) is 3. The van der Waals surface area contributed by atoms with Crippen molar-refractivity contribution in [3.05, 3.63) is 73.4 Å². The highest BCUT2D eigenvalue weighted by atomic mass is 32.1. The van der Waals surface area contributed by atoms with Gasteiger partial charge in [0.05, 0.1) is 26.7 Å². The van der Waals surface area contributed by atoms with Crippen LogP contribution in [-0.2, 0) is 0 Å². The molecule has 0 spiro atoms. The molecule has 0 bridgehead atoms. The van der Waals surface area contributed by atoms with Gasteiger partial charge in [-0.2, -0.15) is 5.26 Å². The van der Waals surface area contributed by atoms with E-state index in [0.717, 1.165) is 0 Å². The molecule has 0 aliphatic heterocycles. The van der Waals surface area contributed by atoms with Crippen LogP contribution in [0.2, 0.25) is 0 Å². The summed E-state index contributed by atoms with van der Waals surface area (Å²) < 4.78 is 1.43. The number of imidazole rings is 1. The molecule has 132 valence electrons. The fourth-order valence-electron chi connectivity index (χ4n) is 2.93. The van der Waals surface area contributed by atoms with Crippen molar-refractivity contribution >= 4 is 40.1 Å². The van der Waals surface area contributed by atoms with Gasteiger partial charge in [-0.15, -0.1) is 11.3 Å². The van der Waals surface area contributed by atoms with Gasteiger partial charge in [0.25, 0.3) is 11.5 Å². The van der Waals surface area contributed by atoms with E-state index in [2.05, 4.69) is 21.9 Å². The Labute approximate surface area is 157 Å². The SMILES string of the molecule is Cc1c(C#N)c2nc3ccccc3n2c(=O)c1=CNNC(=O)c1cccs1. The van der Waals surface area contributed by atoms with Crippen LogP contribution in [0.1, 0.15) is 20.8 Å². The standard InChI is InChI=1S/C19H13N5O2S/c1-11-12(9-20)17-22-14-5-2-3-6-15(14)24(17)19(26)13(11)10-21-23-18(25)16-7-4-8-27-16/h2-8,10,21H,1H3,(H,23,25). The molecule has 0 unspecified atom stereocenters. The van der Waals surface area contributed by atoms with Gasteiger partial charge in [-0.05, 0) is 36.1 Å². The number of thiophene rings is 1. The number of para-hydroxylation sites is 2. The fourth-order valence-corrected chi connectivity index (χ4v) is 3.55. The van der Waals surface area contributed by atoms with Gasteiger partial charge in [-0.1, -0.05) is 18.2 Å². The van der Waals surface area contributed by atoms with E-state index in [1.165, 1.54) is 21.9 Å². The molecule has 2 N–H and O–H groups in total. The molecule has 8 heteroatoms. The van der Waals surface area contributed by atoms with Crippen molar-refractivity contribution in [2.24, 2.45) is 0 Å². The Balaban J connectivity index is 1.85. The number of carbonyl (C=O) groups excluding carboxylic acids is 1. The number of pyridine rings is 1. The third-order valence-electron chi connectivity index (χ3n) is 4.26. The first-order valence-electron chi connectivity index (χ1n) is 8.05. The Morgan fingerprint density at radius 3 is 2.85 bits per heavy atom. The normalized spacial score (nSPS) is 11.6. The van der Waals surface area contributed by atoms with Crippen molar-refractivity contribution in [3.8, 4) is 6.07 Å². The van der Waals surface area contributed by atoms with E-state index in [9.17, 15) is 14.9 Å². The largest absolute Gasteiger partial charge is 0.305 e. The minimum absolute atomic E-state index is 0.286. The summed E-state index contributed by atoms with van der Waals surface area (Å²) in [5.41, 5.74) is 7.31. The van der Waals surface area contributed by atoms with Crippen molar-refractivity contribution in [2.75, 3.05) is 0 Å². The second-order valence-electron chi connectivity index (χ2n) is 5.81. The molecule has 0 saturated carbocycles. The highest BCUT2D eigenvalue weighted by molar-refractivity contribution is 7.12. The van der Waals surface area contributed by atoms with E-state index in [1.807, 2.05) is 12.1 Å². The summed E-state index contributed by atoms with van der Waals surface area (Å²) in [7, 11) is 0. The maximum Gasteiger partial charge on any atom is 0.279 e. The number of rotatable bonds is 3. The zero-order valence-corrected chi connectivity index (χ0v) is 15.0. The topological polar surface area (TPSA) is 99.3 Å². The summed E-state index contributed by atoms with van der Waals surface area (Å²) >= 11 is 1.31. The molecule has 0 aliphatic rings. The van der Waals surface area contributed by atoms with Crippen LogP contribution in [0.15, 0.2) is 46.6 Å². The number of fused-ring (bicyclic) bond motifs is 3. The molecule has 3 aromatic heterocycles. The summed E-state index contributed by atoms with van der Waals surface area (Å²) in [6.07, 6.45) is 1.40. The number of amides is 1. The second kappa shape index (κ2) is 6.55. The van der Waals surface area contributed by atoms with Crippen LogP contribution < -0.4 is 21.6 Å². The van der Waals surface area contributed by atoms with Crippen LogP contribution in [-0.4, -0.2) is 15.3 Å². The van der Waals surface area contributed by atoms with Gasteiger partial charge >= 0.3 is 0 Å². The first-order chi connectivity index (χ1) is 13.1. The van der Waals surface area contributed by atoms with E-state index < -0.39 is 0 Å². The van der Waals surface area contributed by atoms with Crippen LogP contribution in [0.5, 0.6) is 0 Å². The third-order valence-corrected chi connectivity index (χ3v) is 5.12. The highest BCUT2D eigenvalue weighted by Gasteiger charge is 2.16. The van der Waals surface area contributed by atoms with Crippen LogP contribution in [0, 0.1) is 18.3 Å². The first kappa shape index (κ1) is 16.8. The van der Waals surface area contributed by atoms with Crippen molar-refractivity contribution in [3.63, 3.8) is 0 Å². The smallest absolute Gasteiger partial charge is 0.279 e. The second-order valence-corrected chi connectivity index (χ2v) is 6.76. The summed E-state index contributed by atoms with van der Waals surface area (Å²) in [6, 6.07) is 12.8. The first-order valence-corrected chi connectivity index (χ1v) is 8.93. The lowest BCUT2D eigenvalue weighted by molar-refractivity contribution is 0.0947. The zero-order valence-electron chi connectivity index (χ0n) is 14.2. The average Bonchev–Trinajstić information content (AvgIpc) is 3.32. The van der Waals surface area contributed by atoms with E-state index in [-0.39, 0.29) is 16.7 Å². The maximum absolute atomic E-state index is 13.0. The van der Waals surface area contributed by atoms with Crippen molar-refractivity contribution in [1.29, 1.82) is 5.26 Å². The third kappa shape index (κ3) is 2.70. The summed E-state index contributed by atoms with van der Waals surface area (Å²) in [4.78, 5) is 30.0. The number of nitriles is 1. The highest BCUT2D eigenvalue weighted by Crippen LogP contribution is 2.17. The van der Waals surface area contributed by atoms with Crippen LogP contribution in [0.3, 0.4) is 0 Å². The Hall–Kier alpha value is -3.70. The maximum atomic E-state index is 13.0. The van der Waals surface area contributed by atoms with E-state index in [4.69, 9.17) is 0 Å². The molecule has 4 aromatic rings. The Bertz CT molecular complexity index is 1330. The van der Waals surface area contributed by atoms with Crippen LogP contribution in [0.25, 0.3) is 22.9 Å². The molecule has 3 heterocycles. The number of benzene rings is 1. The van der Waals surface area contributed by atoms with Crippen LogP contribution >= 0.6 is 11.3 Å². The molecule has 1 aromatic carbocycles. The predicted octanol–water partition coefficient (Wildman–Crippen LogP) is 1.48. The number of aromatic nitrogens is 2. The molecule has 0 aliphatic carbocycles. The van der Waals surface area contributed by atoms with Gasteiger partial charge in [-0.3, -0.25) is 19.4 Å². The van der Waals surface area contributed by atoms with Gasteiger partial charge < -0.3 is 5.43 Å². The predicted molar refractivity (Wildman–Crippen MR) is 103 cm³/mol. The molecule has 0 radical (unpaired) electrons.